The number of ether oxygens (including phenoxy) is 1. The molecule has 168 valence electrons. The van der Waals surface area contributed by atoms with Crippen molar-refractivity contribution >= 4 is 0 Å². The maximum atomic E-state index is 6.06. The van der Waals surface area contributed by atoms with E-state index in [9.17, 15) is 0 Å². The number of rotatable bonds is 8. The smallest absolute Gasteiger partial charge is 0.173 e. The van der Waals surface area contributed by atoms with Gasteiger partial charge >= 0.3 is 0 Å². The SMILES string of the molecule is Cc1ccc(C(c2nnnn2C2CCCC2)N(Cc2cccnc2)CC2CCCO2)cc1. The van der Waals surface area contributed by atoms with E-state index in [2.05, 4.69) is 67.3 Å². The summed E-state index contributed by atoms with van der Waals surface area (Å²) in [5, 5.41) is 13.2. The third-order valence-electron chi connectivity index (χ3n) is 6.76. The fraction of sp³-hybridized carbons (Fsp3) is 0.520. The molecule has 2 unspecified atom stereocenters. The quantitative estimate of drug-likeness (QED) is 0.530. The van der Waals surface area contributed by atoms with Gasteiger partial charge in [-0.3, -0.25) is 9.88 Å². The van der Waals surface area contributed by atoms with E-state index in [4.69, 9.17) is 4.74 Å². The highest BCUT2D eigenvalue weighted by atomic mass is 16.5. The highest BCUT2D eigenvalue weighted by molar-refractivity contribution is 5.29. The molecule has 1 aliphatic heterocycles. The number of tetrazole rings is 1. The maximum Gasteiger partial charge on any atom is 0.173 e. The molecular weight excluding hydrogens is 400 g/mol. The van der Waals surface area contributed by atoms with Crippen molar-refractivity contribution in [2.75, 3.05) is 13.2 Å². The van der Waals surface area contributed by atoms with Crippen molar-refractivity contribution in [2.45, 2.75) is 70.2 Å². The molecule has 1 aromatic carbocycles. The fourth-order valence-electron chi connectivity index (χ4n) is 5.10. The summed E-state index contributed by atoms with van der Waals surface area (Å²) in [6, 6.07) is 13.3. The van der Waals surface area contributed by atoms with Crippen LogP contribution in [0.15, 0.2) is 48.8 Å². The van der Waals surface area contributed by atoms with Crippen LogP contribution in [0.1, 0.15) is 73.1 Å². The van der Waals surface area contributed by atoms with Crippen molar-refractivity contribution in [3.63, 3.8) is 0 Å². The lowest BCUT2D eigenvalue weighted by Crippen LogP contribution is -2.37. The molecule has 0 radical (unpaired) electrons. The average Bonchev–Trinajstić information content (AvgIpc) is 3.59. The Balaban J connectivity index is 1.55. The summed E-state index contributed by atoms with van der Waals surface area (Å²) < 4.78 is 8.16. The van der Waals surface area contributed by atoms with Crippen LogP contribution in [-0.4, -0.2) is 49.3 Å². The maximum absolute atomic E-state index is 6.06. The lowest BCUT2D eigenvalue weighted by atomic mass is 10.0. The van der Waals surface area contributed by atoms with Crippen LogP contribution in [0.2, 0.25) is 0 Å². The van der Waals surface area contributed by atoms with E-state index in [0.717, 1.165) is 51.2 Å². The van der Waals surface area contributed by atoms with Crippen molar-refractivity contribution in [1.82, 2.24) is 30.1 Å². The van der Waals surface area contributed by atoms with Crippen LogP contribution < -0.4 is 0 Å². The molecule has 7 nitrogen and oxygen atoms in total. The molecule has 0 amide bonds. The number of benzene rings is 1. The minimum atomic E-state index is -0.0457. The summed E-state index contributed by atoms with van der Waals surface area (Å²) in [6.45, 7) is 4.58. The van der Waals surface area contributed by atoms with Gasteiger partial charge in [0, 0.05) is 32.1 Å². The van der Waals surface area contributed by atoms with Gasteiger partial charge in [0.2, 0.25) is 0 Å². The molecule has 1 aliphatic carbocycles. The highest BCUT2D eigenvalue weighted by Gasteiger charge is 2.33. The van der Waals surface area contributed by atoms with E-state index in [1.54, 1.807) is 0 Å². The second-order valence-electron chi connectivity index (χ2n) is 9.16. The Morgan fingerprint density at radius 2 is 1.94 bits per heavy atom. The summed E-state index contributed by atoms with van der Waals surface area (Å²) in [5.41, 5.74) is 3.65. The van der Waals surface area contributed by atoms with Crippen molar-refractivity contribution in [3.8, 4) is 0 Å². The molecule has 1 saturated heterocycles. The molecule has 0 bridgehead atoms. The first-order valence-electron chi connectivity index (χ1n) is 11.9. The zero-order chi connectivity index (χ0) is 21.8. The standard InChI is InChI=1S/C25H32N6O/c1-19-10-12-21(13-11-19)24(25-27-28-29-31(25)22-7-2-3-8-22)30(18-23-9-5-15-32-23)17-20-6-4-14-26-16-20/h4,6,10-14,16,22-24H,2-3,5,7-9,15,17-18H2,1H3. The molecule has 1 saturated carbocycles. The molecule has 3 heterocycles. The van der Waals surface area contributed by atoms with Gasteiger partial charge in [0.1, 0.15) is 0 Å². The van der Waals surface area contributed by atoms with Gasteiger partial charge in [-0.1, -0.05) is 48.7 Å². The normalized spacial score (nSPS) is 20.2. The van der Waals surface area contributed by atoms with Crippen LogP contribution in [0.25, 0.3) is 0 Å². The number of aryl methyl sites for hydroxylation is 1. The monoisotopic (exact) mass is 432 g/mol. The summed E-state index contributed by atoms with van der Waals surface area (Å²) in [6.07, 6.45) is 11.0. The van der Waals surface area contributed by atoms with Gasteiger partial charge in [0.25, 0.3) is 0 Å². The van der Waals surface area contributed by atoms with Gasteiger partial charge in [0.15, 0.2) is 5.82 Å². The lowest BCUT2D eigenvalue weighted by Gasteiger charge is -2.33. The van der Waals surface area contributed by atoms with Crippen molar-refractivity contribution in [1.29, 1.82) is 0 Å². The van der Waals surface area contributed by atoms with Gasteiger partial charge in [-0.05, 0) is 60.2 Å². The van der Waals surface area contributed by atoms with Crippen molar-refractivity contribution in [3.05, 3.63) is 71.3 Å². The van der Waals surface area contributed by atoms with E-state index in [-0.39, 0.29) is 12.1 Å². The molecule has 2 aliphatic rings. The Bertz CT molecular complexity index is 977. The summed E-state index contributed by atoms with van der Waals surface area (Å²) in [4.78, 5) is 6.83. The van der Waals surface area contributed by atoms with Crippen LogP contribution in [0.4, 0.5) is 0 Å². The summed E-state index contributed by atoms with van der Waals surface area (Å²) in [5.74, 6) is 0.933. The minimum Gasteiger partial charge on any atom is -0.377 e. The molecule has 2 atom stereocenters. The van der Waals surface area contributed by atoms with Crippen LogP contribution in [0.3, 0.4) is 0 Å². The number of hydrogen-bond acceptors (Lipinski definition) is 6. The topological polar surface area (TPSA) is 69.0 Å². The highest BCUT2D eigenvalue weighted by Crippen LogP contribution is 2.35. The van der Waals surface area contributed by atoms with Crippen LogP contribution in [0, 0.1) is 6.92 Å². The molecule has 3 aromatic rings. The van der Waals surface area contributed by atoms with E-state index >= 15 is 0 Å². The van der Waals surface area contributed by atoms with Crippen LogP contribution >= 0.6 is 0 Å². The number of pyridine rings is 1. The molecule has 2 aromatic heterocycles. The second kappa shape index (κ2) is 9.88. The molecule has 7 heteroatoms. The first-order chi connectivity index (χ1) is 15.8. The van der Waals surface area contributed by atoms with E-state index < -0.39 is 0 Å². The molecule has 2 fully saturated rings. The molecule has 32 heavy (non-hydrogen) atoms. The Hall–Kier alpha value is -2.64. The minimum absolute atomic E-state index is 0.0457. The first kappa shape index (κ1) is 21.2. The average molecular weight is 433 g/mol. The number of nitrogens with zero attached hydrogens (tertiary/aromatic N) is 6. The van der Waals surface area contributed by atoms with Gasteiger partial charge < -0.3 is 4.74 Å². The molecule has 0 N–H and O–H groups in total. The van der Waals surface area contributed by atoms with Crippen LogP contribution in [-0.2, 0) is 11.3 Å². The Morgan fingerprint density at radius 1 is 1.09 bits per heavy atom. The largest absolute Gasteiger partial charge is 0.377 e. The van der Waals surface area contributed by atoms with Gasteiger partial charge in [-0.15, -0.1) is 5.10 Å². The molecule has 0 spiro atoms. The zero-order valence-electron chi connectivity index (χ0n) is 18.8. The van der Waals surface area contributed by atoms with E-state index in [0.29, 0.717) is 6.04 Å². The Kier molecular flexibility index (Phi) is 6.55. The molecular formula is C25H32N6O. The van der Waals surface area contributed by atoms with Crippen molar-refractivity contribution < 1.29 is 4.74 Å². The number of hydrogen-bond donors (Lipinski definition) is 0. The zero-order valence-corrected chi connectivity index (χ0v) is 18.8. The van der Waals surface area contributed by atoms with E-state index in [1.165, 1.54) is 29.5 Å². The Morgan fingerprint density at radius 3 is 2.66 bits per heavy atom. The van der Waals surface area contributed by atoms with Crippen molar-refractivity contribution in [2.24, 2.45) is 0 Å². The van der Waals surface area contributed by atoms with Crippen LogP contribution in [0.5, 0.6) is 0 Å². The third kappa shape index (κ3) is 4.74. The fourth-order valence-corrected chi connectivity index (χ4v) is 5.10. The molecule has 5 rings (SSSR count). The Labute approximate surface area is 189 Å². The number of aromatic nitrogens is 5. The predicted octanol–water partition coefficient (Wildman–Crippen LogP) is 4.26. The first-order valence-corrected chi connectivity index (χ1v) is 11.9. The summed E-state index contributed by atoms with van der Waals surface area (Å²) >= 11 is 0. The van der Waals surface area contributed by atoms with Gasteiger partial charge in [-0.25, -0.2) is 4.68 Å². The van der Waals surface area contributed by atoms with Gasteiger partial charge in [-0.2, -0.15) is 0 Å². The predicted molar refractivity (Wildman–Crippen MR) is 122 cm³/mol. The van der Waals surface area contributed by atoms with Gasteiger partial charge in [0.05, 0.1) is 18.2 Å². The third-order valence-corrected chi connectivity index (χ3v) is 6.76. The van der Waals surface area contributed by atoms with E-state index in [1.807, 2.05) is 18.5 Å². The lowest BCUT2D eigenvalue weighted by molar-refractivity contribution is 0.0571. The second-order valence-corrected chi connectivity index (χ2v) is 9.16. The summed E-state index contributed by atoms with van der Waals surface area (Å²) in [7, 11) is 0.